The third-order valence-electron chi connectivity index (χ3n) is 6.03. The van der Waals surface area contributed by atoms with Crippen molar-refractivity contribution in [2.75, 3.05) is 13.2 Å². The van der Waals surface area contributed by atoms with Crippen molar-refractivity contribution < 1.29 is 81.3 Å². The van der Waals surface area contributed by atoms with Crippen LogP contribution in [-0.4, -0.2) is 121 Å². The van der Waals surface area contributed by atoms with Crippen LogP contribution in [0.25, 0.3) is 0 Å². The van der Waals surface area contributed by atoms with Gasteiger partial charge in [0.15, 0.2) is 37.0 Å². The molecule has 248 valence electrons. The zero-order valence-corrected chi connectivity index (χ0v) is 25.2. The van der Waals surface area contributed by atoms with Gasteiger partial charge in [-0.05, 0) is 0 Å². The number of aliphatic hydroxyl groups is 1. The SMILES string of the molecule is CC(=O)N[C@H]1[C@H](OC(C)=O)[C@H](O[C@@H]2O[C@H](COC(C)=O)[C@H](OC(C)=O)[C@H](OC(C)=O)[C@@H]2OC(C)=O)[C@H](COC(C)=O)O[C@H]1O. The second-order valence-electron chi connectivity index (χ2n) is 9.84. The largest absolute Gasteiger partial charge is 0.463 e. The van der Waals surface area contributed by atoms with Crippen LogP contribution in [0, 0.1) is 0 Å². The Morgan fingerprint density at radius 1 is 0.568 bits per heavy atom. The smallest absolute Gasteiger partial charge is 0.303 e. The van der Waals surface area contributed by atoms with Crippen LogP contribution in [0.15, 0.2) is 0 Å². The molecule has 0 aromatic heterocycles. The lowest BCUT2D eigenvalue weighted by Crippen LogP contribution is -2.68. The second-order valence-corrected chi connectivity index (χ2v) is 9.84. The first-order valence-corrected chi connectivity index (χ1v) is 13.4. The Balaban J connectivity index is 2.66. The number of hydrogen-bond acceptors (Lipinski definition) is 17. The second kappa shape index (κ2) is 16.3. The molecule has 0 aromatic rings. The molecule has 2 heterocycles. The van der Waals surface area contributed by atoms with Crippen LogP contribution in [0.5, 0.6) is 0 Å². The summed E-state index contributed by atoms with van der Waals surface area (Å²) in [6, 6.07) is -1.43. The van der Waals surface area contributed by atoms with E-state index < -0.39 is 116 Å². The van der Waals surface area contributed by atoms with Crippen LogP contribution in [0.2, 0.25) is 0 Å². The van der Waals surface area contributed by atoms with Crippen molar-refractivity contribution in [3.63, 3.8) is 0 Å². The molecule has 0 aliphatic carbocycles. The van der Waals surface area contributed by atoms with Crippen molar-refractivity contribution in [1.82, 2.24) is 5.32 Å². The third kappa shape index (κ3) is 10.7. The molecule has 44 heavy (non-hydrogen) atoms. The summed E-state index contributed by atoms with van der Waals surface area (Å²) in [5.74, 6) is -5.68. The fourth-order valence-corrected chi connectivity index (χ4v) is 4.59. The van der Waals surface area contributed by atoms with Gasteiger partial charge in [0.2, 0.25) is 5.91 Å². The van der Waals surface area contributed by atoms with Crippen molar-refractivity contribution in [2.24, 2.45) is 0 Å². The highest BCUT2D eigenvalue weighted by Gasteiger charge is 2.56. The van der Waals surface area contributed by atoms with Gasteiger partial charge in [-0.25, -0.2) is 0 Å². The maximum atomic E-state index is 12.2. The van der Waals surface area contributed by atoms with Crippen LogP contribution < -0.4 is 5.32 Å². The molecule has 2 aliphatic rings. The molecule has 0 spiro atoms. The molecule has 1 amide bonds. The Morgan fingerprint density at radius 2 is 1.00 bits per heavy atom. The van der Waals surface area contributed by atoms with Crippen LogP contribution in [-0.2, 0) is 76.2 Å². The lowest BCUT2D eigenvalue weighted by Gasteiger charge is -2.48. The predicted molar refractivity (Wildman–Crippen MR) is 138 cm³/mol. The molecular formula is C26H37NO17. The molecule has 2 rings (SSSR count). The number of ether oxygens (including phenoxy) is 9. The number of aliphatic hydroxyl groups excluding tert-OH is 1. The third-order valence-corrected chi connectivity index (χ3v) is 6.03. The Morgan fingerprint density at radius 3 is 1.45 bits per heavy atom. The van der Waals surface area contributed by atoms with Gasteiger partial charge in [-0.3, -0.25) is 33.6 Å². The number of carbonyl (C=O) groups is 7. The zero-order chi connectivity index (χ0) is 33.3. The van der Waals surface area contributed by atoms with Gasteiger partial charge in [0, 0.05) is 48.5 Å². The predicted octanol–water partition coefficient (Wildman–Crippen LogP) is -1.83. The van der Waals surface area contributed by atoms with Gasteiger partial charge in [0.1, 0.15) is 37.6 Å². The molecule has 10 atom stereocenters. The lowest BCUT2D eigenvalue weighted by atomic mass is 9.95. The number of esters is 6. The van der Waals surface area contributed by atoms with E-state index in [1.807, 2.05) is 0 Å². The molecule has 2 aliphatic heterocycles. The molecular weight excluding hydrogens is 598 g/mol. The molecule has 2 N–H and O–H groups in total. The summed E-state index contributed by atoms with van der Waals surface area (Å²) >= 11 is 0. The molecule has 0 aromatic carbocycles. The molecule has 2 fully saturated rings. The molecule has 0 radical (unpaired) electrons. The molecule has 18 nitrogen and oxygen atoms in total. The summed E-state index contributed by atoms with van der Waals surface area (Å²) in [5, 5.41) is 13.1. The summed E-state index contributed by atoms with van der Waals surface area (Å²) in [5.41, 5.74) is 0. The minimum Gasteiger partial charge on any atom is -0.463 e. The first-order valence-electron chi connectivity index (χ1n) is 13.4. The number of nitrogens with one attached hydrogen (secondary N) is 1. The first kappa shape index (κ1) is 36.3. The van der Waals surface area contributed by atoms with Crippen molar-refractivity contribution in [3.05, 3.63) is 0 Å². The van der Waals surface area contributed by atoms with Gasteiger partial charge in [-0.1, -0.05) is 0 Å². The fourth-order valence-electron chi connectivity index (χ4n) is 4.59. The maximum Gasteiger partial charge on any atom is 0.303 e. The van der Waals surface area contributed by atoms with Crippen LogP contribution in [0.3, 0.4) is 0 Å². The van der Waals surface area contributed by atoms with E-state index in [-0.39, 0.29) is 0 Å². The summed E-state index contributed by atoms with van der Waals surface area (Å²) in [6.45, 7) is 6.33. The van der Waals surface area contributed by atoms with Gasteiger partial charge >= 0.3 is 35.8 Å². The van der Waals surface area contributed by atoms with Crippen LogP contribution in [0.1, 0.15) is 48.5 Å². The van der Waals surface area contributed by atoms with Gasteiger partial charge in [-0.15, -0.1) is 0 Å². The van der Waals surface area contributed by atoms with E-state index in [9.17, 15) is 38.7 Å². The minimum atomic E-state index is -1.79. The summed E-state index contributed by atoms with van der Waals surface area (Å²) in [6.07, 6.45) is -14.2. The molecule has 0 bridgehead atoms. The van der Waals surface area contributed by atoms with Crippen molar-refractivity contribution in [2.45, 2.75) is 110 Å². The van der Waals surface area contributed by atoms with E-state index in [1.165, 1.54) is 0 Å². The average molecular weight is 636 g/mol. The standard InChI is InChI=1S/C26H37NO17/c1-10(28)27-19-22(39-14(5)32)20(17(42-25(19)35)8-36-11(2)29)44-26-24(41-16(7)34)23(40-15(6)33)21(38-13(4)31)18(43-26)9-37-12(3)30/h17-26,35H,8-9H2,1-7H3,(H,27,28)/t17-,18+,19-,20+,21-,22-,23-,24-,25+,26-/m0/s1. The van der Waals surface area contributed by atoms with Crippen molar-refractivity contribution >= 4 is 41.7 Å². The molecule has 0 saturated carbocycles. The van der Waals surface area contributed by atoms with Gasteiger partial charge in [0.05, 0.1) is 0 Å². The summed E-state index contributed by atoms with van der Waals surface area (Å²) in [7, 11) is 0. The van der Waals surface area contributed by atoms with Crippen LogP contribution >= 0.6 is 0 Å². The first-order chi connectivity index (χ1) is 20.5. The van der Waals surface area contributed by atoms with E-state index in [2.05, 4.69) is 5.32 Å². The highest BCUT2D eigenvalue weighted by atomic mass is 16.8. The number of carbonyl (C=O) groups excluding carboxylic acids is 7. The fraction of sp³-hybridized carbons (Fsp3) is 0.731. The van der Waals surface area contributed by atoms with E-state index in [0.29, 0.717) is 0 Å². The van der Waals surface area contributed by atoms with Gasteiger partial charge in [-0.2, -0.15) is 0 Å². The average Bonchev–Trinajstić information content (AvgIpc) is 2.87. The Labute approximate surface area is 251 Å². The molecule has 0 unspecified atom stereocenters. The van der Waals surface area contributed by atoms with E-state index in [0.717, 1.165) is 48.5 Å². The van der Waals surface area contributed by atoms with E-state index in [4.69, 9.17) is 42.6 Å². The Hall–Kier alpha value is -3.87. The highest BCUT2D eigenvalue weighted by molar-refractivity contribution is 5.73. The van der Waals surface area contributed by atoms with Gasteiger partial charge < -0.3 is 53.1 Å². The summed E-state index contributed by atoms with van der Waals surface area (Å²) in [4.78, 5) is 83.6. The zero-order valence-electron chi connectivity index (χ0n) is 25.2. The number of amides is 1. The summed E-state index contributed by atoms with van der Waals surface area (Å²) < 4.78 is 49.2. The van der Waals surface area contributed by atoms with Crippen LogP contribution in [0.4, 0.5) is 0 Å². The quantitative estimate of drug-likeness (QED) is 0.188. The minimum absolute atomic E-state index is 0.559. The normalized spacial score (nSPS) is 31.5. The monoisotopic (exact) mass is 635 g/mol. The Bertz CT molecular complexity index is 1090. The number of hydrogen-bond donors (Lipinski definition) is 2. The molecule has 2 saturated heterocycles. The van der Waals surface area contributed by atoms with Crippen molar-refractivity contribution in [1.29, 1.82) is 0 Å². The van der Waals surface area contributed by atoms with E-state index >= 15 is 0 Å². The topological polar surface area (TPSA) is 235 Å². The Kier molecular flexibility index (Phi) is 13.4. The highest BCUT2D eigenvalue weighted by Crippen LogP contribution is 2.34. The molecule has 18 heteroatoms. The van der Waals surface area contributed by atoms with Crippen molar-refractivity contribution in [3.8, 4) is 0 Å². The van der Waals surface area contributed by atoms with E-state index in [1.54, 1.807) is 0 Å². The van der Waals surface area contributed by atoms with Gasteiger partial charge in [0.25, 0.3) is 0 Å². The lowest BCUT2D eigenvalue weighted by molar-refractivity contribution is -0.347. The number of rotatable bonds is 11. The maximum absolute atomic E-state index is 12.2.